The van der Waals surface area contributed by atoms with Crippen LogP contribution < -0.4 is 9.80 Å². The molecule has 21 heavy (non-hydrogen) atoms. The first-order chi connectivity index (χ1) is 10.1. The van der Waals surface area contributed by atoms with Crippen LogP contribution in [0.4, 0.5) is 16.0 Å². The summed E-state index contributed by atoms with van der Waals surface area (Å²) in [5, 5.41) is 1.11. The first-order valence-corrected chi connectivity index (χ1v) is 7.31. The highest BCUT2D eigenvalue weighted by Crippen LogP contribution is 2.28. The normalized spacial score (nSPS) is 15.4. The molecule has 3 rings (SSSR count). The number of piperazine rings is 1. The third-order valence-electron chi connectivity index (χ3n) is 3.44. The van der Waals surface area contributed by atoms with Gasteiger partial charge in [0.15, 0.2) is 5.82 Å². The van der Waals surface area contributed by atoms with Crippen LogP contribution in [0.15, 0.2) is 30.6 Å². The molecule has 1 fully saturated rings. The van der Waals surface area contributed by atoms with Crippen LogP contribution in [0.25, 0.3) is 0 Å². The molecule has 0 atom stereocenters. The van der Waals surface area contributed by atoms with Crippen molar-refractivity contribution in [3.8, 4) is 0 Å². The van der Waals surface area contributed by atoms with Gasteiger partial charge in [-0.2, -0.15) is 0 Å². The van der Waals surface area contributed by atoms with Gasteiger partial charge in [-0.1, -0.05) is 23.2 Å². The zero-order chi connectivity index (χ0) is 14.8. The molecule has 1 aromatic heterocycles. The van der Waals surface area contributed by atoms with Gasteiger partial charge in [0.25, 0.3) is 0 Å². The number of rotatable bonds is 2. The average Bonchev–Trinajstić information content (AvgIpc) is 2.51. The molecule has 0 spiro atoms. The third kappa shape index (κ3) is 3.19. The topological polar surface area (TPSA) is 32.3 Å². The van der Waals surface area contributed by atoms with Gasteiger partial charge in [0.05, 0.1) is 22.4 Å². The maximum Gasteiger partial charge on any atom is 0.225 e. The van der Waals surface area contributed by atoms with Crippen LogP contribution in [-0.4, -0.2) is 36.1 Å². The van der Waals surface area contributed by atoms with Gasteiger partial charge in [-0.05, 0) is 18.2 Å². The summed E-state index contributed by atoms with van der Waals surface area (Å²) in [6.07, 6.45) is 2.38. The second-order valence-corrected chi connectivity index (χ2v) is 5.59. The van der Waals surface area contributed by atoms with Gasteiger partial charge < -0.3 is 9.80 Å². The maximum absolute atomic E-state index is 12.8. The number of aromatic nitrogens is 2. The molecule has 110 valence electrons. The molecule has 1 saturated heterocycles. The van der Waals surface area contributed by atoms with E-state index in [1.54, 1.807) is 6.07 Å². The van der Waals surface area contributed by atoms with E-state index in [9.17, 15) is 4.39 Å². The molecule has 0 aliphatic carbocycles. The third-order valence-corrected chi connectivity index (χ3v) is 4.18. The molecule has 1 aromatic carbocycles. The van der Waals surface area contributed by atoms with E-state index in [-0.39, 0.29) is 0 Å². The van der Waals surface area contributed by atoms with E-state index in [2.05, 4.69) is 14.9 Å². The van der Waals surface area contributed by atoms with Crippen molar-refractivity contribution in [1.82, 2.24) is 9.97 Å². The second-order valence-electron chi connectivity index (χ2n) is 4.77. The van der Waals surface area contributed by atoms with Gasteiger partial charge in [0.2, 0.25) is 5.95 Å². The summed E-state index contributed by atoms with van der Waals surface area (Å²) in [5.74, 6) is 0.137. The summed E-state index contributed by atoms with van der Waals surface area (Å²) in [5.41, 5.74) is 1.05. The van der Waals surface area contributed by atoms with Crippen LogP contribution >= 0.6 is 23.2 Å². The molecule has 0 bridgehead atoms. The summed E-state index contributed by atoms with van der Waals surface area (Å²) in [4.78, 5) is 12.3. The molecular weight excluding hydrogens is 314 g/mol. The molecule has 2 heterocycles. The van der Waals surface area contributed by atoms with Crippen molar-refractivity contribution in [2.75, 3.05) is 36.0 Å². The van der Waals surface area contributed by atoms with E-state index in [1.165, 1.54) is 12.4 Å². The number of hydrogen-bond acceptors (Lipinski definition) is 4. The van der Waals surface area contributed by atoms with Crippen molar-refractivity contribution < 1.29 is 4.39 Å². The van der Waals surface area contributed by atoms with Crippen LogP contribution in [0.5, 0.6) is 0 Å². The molecule has 2 aromatic rings. The predicted octanol–water partition coefficient (Wildman–Crippen LogP) is 3.25. The first-order valence-electron chi connectivity index (χ1n) is 6.56. The molecule has 0 N–H and O–H groups in total. The highest BCUT2D eigenvalue weighted by Gasteiger charge is 2.19. The number of nitrogens with zero attached hydrogens (tertiary/aromatic N) is 4. The summed E-state index contributed by atoms with van der Waals surface area (Å²) < 4.78 is 12.8. The van der Waals surface area contributed by atoms with Crippen molar-refractivity contribution in [2.45, 2.75) is 0 Å². The highest BCUT2D eigenvalue weighted by atomic mass is 35.5. The summed E-state index contributed by atoms with van der Waals surface area (Å²) in [6.45, 7) is 3.18. The van der Waals surface area contributed by atoms with Crippen molar-refractivity contribution in [3.05, 3.63) is 46.5 Å². The maximum atomic E-state index is 12.8. The lowest BCUT2D eigenvalue weighted by Gasteiger charge is -2.36. The minimum Gasteiger partial charge on any atom is -0.368 e. The molecule has 7 heteroatoms. The molecular formula is C14H13Cl2FN4. The number of halogens is 3. The van der Waals surface area contributed by atoms with Crippen LogP contribution in [0.3, 0.4) is 0 Å². The molecule has 4 nitrogen and oxygen atoms in total. The van der Waals surface area contributed by atoms with E-state index < -0.39 is 5.82 Å². The Morgan fingerprint density at radius 3 is 2.14 bits per heavy atom. The highest BCUT2D eigenvalue weighted by molar-refractivity contribution is 6.42. The first kappa shape index (κ1) is 14.4. The summed E-state index contributed by atoms with van der Waals surface area (Å²) >= 11 is 12.0. The number of anilines is 2. The number of benzene rings is 1. The van der Waals surface area contributed by atoms with E-state index >= 15 is 0 Å². The van der Waals surface area contributed by atoms with Crippen LogP contribution in [0, 0.1) is 5.82 Å². The largest absolute Gasteiger partial charge is 0.368 e. The Bertz CT molecular complexity index is 627. The molecule has 0 radical (unpaired) electrons. The van der Waals surface area contributed by atoms with Gasteiger partial charge in [-0.15, -0.1) is 0 Å². The van der Waals surface area contributed by atoms with Gasteiger partial charge in [-0.3, -0.25) is 0 Å². The lowest BCUT2D eigenvalue weighted by atomic mass is 10.2. The van der Waals surface area contributed by atoms with Crippen molar-refractivity contribution >= 4 is 34.8 Å². The lowest BCUT2D eigenvalue weighted by Crippen LogP contribution is -2.47. The Morgan fingerprint density at radius 1 is 0.905 bits per heavy atom. The second kappa shape index (κ2) is 6.03. The minimum absolute atomic E-state index is 0.423. The van der Waals surface area contributed by atoms with Crippen LogP contribution in [-0.2, 0) is 0 Å². The van der Waals surface area contributed by atoms with Crippen LogP contribution in [0.2, 0.25) is 10.0 Å². The van der Waals surface area contributed by atoms with Crippen LogP contribution in [0.1, 0.15) is 0 Å². The zero-order valence-electron chi connectivity index (χ0n) is 11.1. The summed E-state index contributed by atoms with van der Waals surface area (Å²) in [7, 11) is 0. The predicted molar refractivity (Wildman–Crippen MR) is 82.9 cm³/mol. The van der Waals surface area contributed by atoms with Crippen molar-refractivity contribution in [2.24, 2.45) is 0 Å². The molecule has 0 unspecified atom stereocenters. The Hall–Kier alpha value is -1.59. The lowest BCUT2D eigenvalue weighted by molar-refractivity contribution is 0.602. The SMILES string of the molecule is Fc1cnc(N2CCN(c3ccc(Cl)c(Cl)c3)CC2)nc1. The monoisotopic (exact) mass is 326 g/mol. The minimum atomic E-state index is -0.423. The van der Waals surface area contributed by atoms with E-state index in [0.29, 0.717) is 16.0 Å². The van der Waals surface area contributed by atoms with Gasteiger partial charge in [0.1, 0.15) is 0 Å². The number of hydrogen-bond donors (Lipinski definition) is 0. The molecule has 1 aliphatic heterocycles. The fourth-order valence-electron chi connectivity index (χ4n) is 2.32. The van der Waals surface area contributed by atoms with E-state index in [1.807, 2.05) is 17.0 Å². The fourth-order valence-corrected chi connectivity index (χ4v) is 2.61. The molecule has 0 amide bonds. The van der Waals surface area contributed by atoms with Gasteiger partial charge in [0, 0.05) is 31.9 Å². The Morgan fingerprint density at radius 2 is 1.52 bits per heavy atom. The Labute approximate surface area is 132 Å². The summed E-state index contributed by atoms with van der Waals surface area (Å²) in [6, 6.07) is 5.63. The standard InChI is InChI=1S/C14H13Cl2FN4/c15-12-2-1-11(7-13(12)16)20-3-5-21(6-4-20)14-18-8-10(17)9-19-14/h1-2,7-9H,3-6H2. The molecule has 0 saturated carbocycles. The van der Waals surface area contributed by atoms with Crippen molar-refractivity contribution in [3.63, 3.8) is 0 Å². The zero-order valence-corrected chi connectivity index (χ0v) is 12.6. The fraction of sp³-hybridized carbons (Fsp3) is 0.286. The van der Waals surface area contributed by atoms with E-state index in [4.69, 9.17) is 23.2 Å². The van der Waals surface area contributed by atoms with Gasteiger partial charge >= 0.3 is 0 Å². The van der Waals surface area contributed by atoms with Crippen molar-refractivity contribution in [1.29, 1.82) is 0 Å². The average molecular weight is 327 g/mol. The van der Waals surface area contributed by atoms with Gasteiger partial charge in [-0.25, -0.2) is 14.4 Å². The van der Waals surface area contributed by atoms with E-state index in [0.717, 1.165) is 31.9 Å². The Balaban J connectivity index is 1.67. The quantitative estimate of drug-likeness (QED) is 0.848. The molecule has 1 aliphatic rings. The smallest absolute Gasteiger partial charge is 0.225 e. The Kier molecular flexibility index (Phi) is 4.12.